The lowest BCUT2D eigenvalue weighted by Gasteiger charge is -2.19. The fourth-order valence-corrected chi connectivity index (χ4v) is 7.23. The van der Waals surface area contributed by atoms with Gasteiger partial charge in [-0.05, 0) is 29.3 Å². The number of aliphatic carboxylic acids is 1. The van der Waals surface area contributed by atoms with Crippen molar-refractivity contribution in [3.8, 4) is 0 Å². The van der Waals surface area contributed by atoms with Gasteiger partial charge in [-0.25, -0.2) is 13.6 Å². The van der Waals surface area contributed by atoms with Crippen molar-refractivity contribution in [1.29, 1.82) is 0 Å². The minimum absolute atomic E-state index is 0.160. The zero-order valence-electron chi connectivity index (χ0n) is 21.3. The van der Waals surface area contributed by atoms with Crippen molar-refractivity contribution in [2.45, 2.75) is 28.0 Å². The number of hydrogen-bond donors (Lipinski definition) is 5. The van der Waals surface area contributed by atoms with Gasteiger partial charge < -0.3 is 21.1 Å². The Morgan fingerprint density at radius 2 is 1.76 bits per heavy atom. The van der Waals surface area contributed by atoms with Crippen LogP contribution in [0.25, 0.3) is 10.9 Å². The summed E-state index contributed by atoms with van der Waals surface area (Å²) in [4.78, 5) is 13.0. The second-order valence-electron chi connectivity index (χ2n) is 8.95. The van der Waals surface area contributed by atoms with Gasteiger partial charge in [-0.1, -0.05) is 60.1 Å². The number of rotatable bonds is 8. The Hall–Kier alpha value is -3.40. The summed E-state index contributed by atoms with van der Waals surface area (Å²) in [6.07, 6.45) is 2.16. The Labute approximate surface area is 246 Å². The highest BCUT2D eigenvalue weighted by molar-refractivity contribution is 7.99. The number of aromatic nitrogens is 1. The average Bonchev–Trinajstić information content (AvgIpc) is 3.31. The quantitative estimate of drug-likeness (QED) is 0.192. The number of sulfonamides is 2. The fourth-order valence-electron chi connectivity index (χ4n) is 3.96. The number of carbonyl (C=O) groups is 1. The molecule has 15 heteroatoms. The number of carboxylic acid groups (broad SMARTS) is 1. The van der Waals surface area contributed by atoms with E-state index in [2.05, 4.69) is 14.7 Å². The first-order valence-corrected chi connectivity index (χ1v) is 16.5. The molecule has 1 aromatic heterocycles. The summed E-state index contributed by atoms with van der Waals surface area (Å²) in [5.74, 6) is 0.305. The first-order chi connectivity index (χ1) is 19.3. The lowest BCUT2D eigenvalue weighted by molar-refractivity contribution is -0.138. The number of H-pyrrole nitrogens is 1. The topological polar surface area (TPSA) is 198 Å². The van der Waals surface area contributed by atoms with Crippen molar-refractivity contribution < 1.29 is 26.7 Å². The Morgan fingerprint density at radius 1 is 1.07 bits per heavy atom. The molecule has 1 aliphatic heterocycles. The number of nitrogens with two attached hydrogens (primary N) is 2. The first-order valence-electron chi connectivity index (χ1n) is 12.0. The number of hydrogen-bond acceptors (Lipinski definition) is 8. The van der Waals surface area contributed by atoms with Gasteiger partial charge in [-0.3, -0.25) is 4.79 Å². The van der Waals surface area contributed by atoms with E-state index in [1.165, 1.54) is 17.8 Å². The fraction of sp³-hybridized carbons (Fsp3) is 0.154. The van der Waals surface area contributed by atoms with Gasteiger partial charge in [0.1, 0.15) is 21.7 Å². The highest BCUT2D eigenvalue weighted by atomic mass is 35.5. The molecule has 1 aliphatic rings. The van der Waals surface area contributed by atoms with Crippen LogP contribution in [0.3, 0.4) is 0 Å². The summed E-state index contributed by atoms with van der Waals surface area (Å²) in [6.45, 7) is 0. The molecule has 0 amide bonds. The Bertz CT molecular complexity index is 1830. The number of amidine groups is 1. The highest BCUT2D eigenvalue weighted by Gasteiger charge is 2.28. The largest absolute Gasteiger partial charge is 0.480 e. The first kappa shape index (κ1) is 30.6. The number of fused-ring (bicyclic) bond motifs is 2. The molecule has 0 saturated carbocycles. The van der Waals surface area contributed by atoms with Gasteiger partial charge in [0.15, 0.2) is 0 Å². The van der Waals surface area contributed by atoms with E-state index in [0.717, 1.165) is 28.1 Å². The van der Waals surface area contributed by atoms with Gasteiger partial charge >= 0.3 is 5.97 Å². The second-order valence-corrected chi connectivity index (χ2v) is 13.4. The Kier molecular flexibility index (Phi) is 9.41. The summed E-state index contributed by atoms with van der Waals surface area (Å²) < 4.78 is 51.6. The van der Waals surface area contributed by atoms with E-state index in [4.69, 9.17) is 27.6 Å². The number of carboxylic acids is 1. The molecule has 1 atom stereocenters. The molecule has 0 fully saturated rings. The molecule has 2 heterocycles. The number of benzene rings is 3. The van der Waals surface area contributed by atoms with E-state index in [9.17, 15) is 21.6 Å². The van der Waals surface area contributed by atoms with Crippen LogP contribution in [0.5, 0.6) is 0 Å². The van der Waals surface area contributed by atoms with Crippen LogP contribution in [-0.4, -0.2) is 50.5 Å². The van der Waals surface area contributed by atoms with Gasteiger partial charge in [0, 0.05) is 29.3 Å². The van der Waals surface area contributed by atoms with Gasteiger partial charge in [0.25, 0.3) is 10.0 Å². The minimum Gasteiger partial charge on any atom is -0.480 e. The van der Waals surface area contributed by atoms with E-state index in [-0.39, 0.29) is 21.4 Å². The molecule has 0 unspecified atom stereocenters. The maximum Gasteiger partial charge on any atom is 0.320 e. The number of nitrogens with one attached hydrogen (secondary N) is 2. The van der Waals surface area contributed by atoms with Crippen LogP contribution >= 0.6 is 23.4 Å². The van der Waals surface area contributed by atoms with Crippen LogP contribution in [0.2, 0.25) is 5.02 Å². The smallest absolute Gasteiger partial charge is 0.320 e. The number of aromatic amines is 1. The predicted octanol–water partition coefficient (Wildman–Crippen LogP) is 3.56. The van der Waals surface area contributed by atoms with Crippen LogP contribution in [0, 0.1) is 0 Å². The van der Waals surface area contributed by atoms with Crippen LogP contribution in [0.4, 0.5) is 5.69 Å². The number of para-hydroxylation sites is 1. The van der Waals surface area contributed by atoms with E-state index >= 15 is 0 Å². The molecule has 0 saturated heterocycles. The van der Waals surface area contributed by atoms with Crippen LogP contribution in [-0.2, 0) is 37.0 Å². The third-order valence-electron chi connectivity index (χ3n) is 5.91. The van der Waals surface area contributed by atoms with E-state index < -0.39 is 37.0 Å². The van der Waals surface area contributed by atoms with E-state index in [1.807, 2.05) is 60.8 Å². The van der Waals surface area contributed by atoms with Crippen molar-refractivity contribution in [3.63, 3.8) is 0 Å². The SMILES string of the molecule is NS(=O)(=O)c1cc2c(cc1Cl)NC(CSCc1ccccc1)=NS2(=O)=O.N[C@@H](Cc1c[nH]c2ccccc12)C(=O)O. The zero-order chi connectivity index (χ0) is 29.8. The molecule has 41 heavy (non-hydrogen) atoms. The Balaban J connectivity index is 0.000000218. The lowest BCUT2D eigenvalue weighted by Crippen LogP contribution is -2.32. The molecule has 4 aromatic rings. The molecule has 0 bridgehead atoms. The molecular weight excluding hydrogens is 610 g/mol. The van der Waals surface area contributed by atoms with Crippen molar-refractivity contribution in [1.82, 2.24) is 4.98 Å². The summed E-state index contributed by atoms with van der Waals surface area (Å²) >= 11 is 7.43. The zero-order valence-corrected chi connectivity index (χ0v) is 24.5. The van der Waals surface area contributed by atoms with Gasteiger partial charge in [-0.2, -0.15) is 8.42 Å². The Morgan fingerprint density at radius 3 is 2.44 bits per heavy atom. The number of thioether (sulfide) groups is 1. The van der Waals surface area contributed by atoms with E-state index in [0.29, 0.717) is 17.9 Å². The normalized spacial score (nSPS) is 14.7. The third-order valence-corrected chi connectivity index (χ3v) is 9.66. The maximum atomic E-state index is 12.4. The standard InChI is InChI=1S/C15H14ClN3O4S3.C11H12N2O2/c16-11-6-12-14(7-13(11)25(17,20)21)26(22,23)19-15(18-12)9-24-8-10-4-2-1-3-5-10;12-9(11(14)15)5-7-6-13-10-4-2-1-3-8(7)10/h1-7H,8-9H2,(H,18,19)(H2,17,20,21);1-4,6,9,13H,5,12H2,(H,14,15)/t;9-/m.0/s1. The number of halogens is 1. The van der Waals surface area contributed by atoms with E-state index in [1.54, 1.807) is 0 Å². The third kappa shape index (κ3) is 7.67. The number of primary sulfonamides is 1. The molecule has 11 nitrogen and oxygen atoms in total. The number of anilines is 1. The monoisotopic (exact) mass is 635 g/mol. The van der Waals surface area contributed by atoms with Crippen LogP contribution in [0.15, 0.2) is 87.1 Å². The van der Waals surface area contributed by atoms with Gasteiger partial charge in [-0.15, -0.1) is 16.2 Å². The number of nitrogens with zero attached hydrogens (tertiary/aromatic N) is 1. The molecule has 0 radical (unpaired) electrons. The predicted molar refractivity (Wildman–Crippen MR) is 161 cm³/mol. The summed E-state index contributed by atoms with van der Waals surface area (Å²) in [5, 5.41) is 17.5. The van der Waals surface area contributed by atoms with Crippen LogP contribution < -0.4 is 16.2 Å². The minimum atomic E-state index is -4.15. The second kappa shape index (κ2) is 12.6. The molecule has 7 N–H and O–H groups in total. The van der Waals surface area contributed by atoms with Gasteiger partial charge in [0.05, 0.1) is 16.5 Å². The molecule has 3 aromatic carbocycles. The van der Waals surface area contributed by atoms with Crippen molar-refractivity contribution in [3.05, 3.63) is 89.1 Å². The summed E-state index contributed by atoms with van der Waals surface area (Å²) in [6, 6.07) is 18.8. The van der Waals surface area contributed by atoms with Crippen molar-refractivity contribution >= 4 is 71.8 Å². The van der Waals surface area contributed by atoms with Crippen LogP contribution in [0.1, 0.15) is 11.1 Å². The average molecular weight is 636 g/mol. The highest BCUT2D eigenvalue weighted by Crippen LogP contribution is 2.34. The van der Waals surface area contributed by atoms with Crippen molar-refractivity contribution in [2.24, 2.45) is 15.3 Å². The lowest BCUT2D eigenvalue weighted by atomic mass is 10.1. The van der Waals surface area contributed by atoms with Gasteiger partial charge in [0.2, 0.25) is 10.0 Å². The van der Waals surface area contributed by atoms with Crippen molar-refractivity contribution in [2.75, 3.05) is 11.1 Å². The molecular formula is C26H26ClN5O6S3. The maximum absolute atomic E-state index is 12.4. The molecule has 0 spiro atoms. The summed E-state index contributed by atoms with van der Waals surface area (Å²) in [5.41, 5.74) is 8.72. The molecule has 0 aliphatic carbocycles. The summed E-state index contributed by atoms with van der Waals surface area (Å²) in [7, 11) is -8.20. The molecule has 5 rings (SSSR count). The molecule has 216 valence electrons.